The molecule has 6 nitrogen and oxygen atoms in total. The van der Waals surface area contributed by atoms with Gasteiger partial charge in [-0.05, 0) is 58.7 Å². The van der Waals surface area contributed by atoms with Gasteiger partial charge in [0.15, 0.2) is 5.60 Å². The van der Waals surface area contributed by atoms with E-state index in [0.717, 1.165) is 33.4 Å². The van der Waals surface area contributed by atoms with E-state index in [1.807, 2.05) is 84.4 Å². The van der Waals surface area contributed by atoms with E-state index >= 15 is 0 Å². The lowest BCUT2D eigenvalue weighted by Crippen LogP contribution is -2.31. The van der Waals surface area contributed by atoms with Crippen molar-refractivity contribution in [3.05, 3.63) is 136 Å². The van der Waals surface area contributed by atoms with Crippen LogP contribution in [0.4, 0.5) is 0 Å². The van der Waals surface area contributed by atoms with E-state index in [4.69, 9.17) is 16.0 Å². The first-order valence-corrected chi connectivity index (χ1v) is 12.5. The van der Waals surface area contributed by atoms with Crippen molar-refractivity contribution in [1.82, 2.24) is 14.1 Å². The number of hydrogen-bond acceptors (Lipinski definition) is 4. The standard InChI is InChI=1S/C31H24ClN3O3/c1-34-19-33-18-29(34)31(37,22-10-8-20(9-11-22)28-7-4-14-38-28)23-12-13-27-26(16-23)25(17-30(36)35(27)2)21-5-3-6-24(32)15-21/h3-19,37H,1-2H3. The van der Waals surface area contributed by atoms with E-state index in [1.165, 1.54) is 0 Å². The lowest BCUT2D eigenvalue weighted by molar-refractivity contribution is 0.117. The second-order valence-electron chi connectivity index (χ2n) is 9.35. The van der Waals surface area contributed by atoms with Crippen LogP contribution in [0.1, 0.15) is 16.8 Å². The van der Waals surface area contributed by atoms with Gasteiger partial charge in [0, 0.05) is 36.1 Å². The van der Waals surface area contributed by atoms with Crippen molar-refractivity contribution in [2.45, 2.75) is 5.60 Å². The highest BCUT2D eigenvalue weighted by Crippen LogP contribution is 2.40. The lowest BCUT2D eigenvalue weighted by Gasteiger charge is -2.30. The lowest BCUT2D eigenvalue weighted by atomic mass is 9.82. The smallest absolute Gasteiger partial charge is 0.251 e. The molecule has 188 valence electrons. The molecular weight excluding hydrogens is 498 g/mol. The van der Waals surface area contributed by atoms with E-state index in [1.54, 1.807) is 42.5 Å². The number of fused-ring (bicyclic) bond motifs is 1. The fourth-order valence-electron chi connectivity index (χ4n) is 5.07. The van der Waals surface area contributed by atoms with Crippen LogP contribution in [0, 0.1) is 0 Å². The summed E-state index contributed by atoms with van der Waals surface area (Å²) >= 11 is 6.30. The molecule has 38 heavy (non-hydrogen) atoms. The molecule has 1 unspecified atom stereocenters. The molecule has 6 aromatic rings. The molecule has 0 bridgehead atoms. The molecule has 3 aromatic carbocycles. The molecule has 6 rings (SSSR count). The van der Waals surface area contributed by atoms with E-state index in [9.17, 15) is 9.90 Å². The van der Waals surface area contributed by atoms with Crippen molar-refractivity contribution >= 4 is 22.5 Å². The molecule has 0 aliphatic rings. The van der Waals surface area contributed by atoms with Crippen molar-refractivity contribution < 1.29 is 9.52 Å². The van der Waals surface area contributed by atoms with Crippen LogP contribution in [0.2, 0.25) is 5.02 Å². The Balaban J connectivity index is 1.60. The number of aryl methyl sites for hydroxylation is 2. The number of aromatic nitrogens is 3. The van der Waals surface area contributed by atoms with Gasteiger partial charge in [0.25, 0.3) is 5.56 Å². The average Bonchev–Trinajstić information content (AvgIpc) is 3.63. The summed E-state index contributed by atoms with van der Waals surface area (Å²) in [6, 6.07) is 26.1. The van der Waals surface area contributed by atoms with Gasteiger partial charge in [-0.15, -0.1) is 0 Å². The molecule has 0 spiro atoms. The van der Waals surface area contributed by atoms with Crippen LogP contribution < -0.4 is 5.56 Å². The normalized spacial score (nSPS) is 13.1. The Morgan fingerprint density at radius 1 is 0.895 bits per heavy atom. The van der Waals surface area contributed by atoms with Crippen LogP contribution in [-0.4, -0.2) is 19.2 Å². The number of benzene rings is 3. The second-order valence-corrected chi connectivity index (χ2v) is 9.79. The van der Waals surface area contributed by atoms with Crippen molar-refractivity contribution in [2.75, 3.05) is 0 Å². The maximum Gasteiger partial charge on any atom is 0.251 e. The van der Waals surface area contributed by atoms with E-state index in [-0.39, 0.29) is 5.56 Å². The van der Waals surface area contributed by atoms with Crippen LogP contribution in [0.25, 0.3) is 33.4 Å². The van der Waals surface area contributed by atoms with E-state index in [0.29, 0.717) is 21.8 Å². The van der Waals surface area contributed by atoms with Crippen LogP contribution in [-0.2, 0) is 19.7 Å². The topological polar surface area (TPSA) is 73.2 Å². The number of nitrogens with zero attached hydrogens (tertiary/aromatic N) is 3. The van der Waals surface area contributed by atoms with Gasteiger partial charge >= 0.3 is 0 Å². The predicted molar refractivity (Wildman–Crippen MR) is 149 cm³/mol. The highest BCUT2D eigenvalue weighted by atomic mass is 35.5. The van der Waals surface area contributed by atoms with Crippen molar-refractivity contribution in [2.24, 2.45) is 14.1 Å². The number of aliphatic hydroxyl groups is 1. The van der Waals surface area contributed by atoms with Gasteiger partial charge in [-0.2, -0.15) is 0 Å². The molecule has 3 heterocycles. The van der Waals surface area contributed by atoms with Crippen molar-refractivity contribution in [3.8, 4) is 22.5 Å². The van der Waals surface area contributed by atoms with E-state index in [2.05, 4.69) is 4.98 Å². The van der Waals surface area contributed by atoms with Crippen LogP contribution >= 0.6 is 11.6 Å². The summed E-state index contributed by atoms with van der Waals surface area (Å²) < 4.78 is 8.95. The summed E-state index contributed by atoms with van der Waals surface area (Å²) in [5, 5.41) is 13.9. The Bertz CT molecular complexity index is 1840. The minimum absolute atomic E-state index is 0.129. The largest absolute Gasteiger partial charge is 0.464 e. The summed E-state index contributed by atoms with van der Waals surface area (Å²) in [6.07, 6.45) is 4.97. The third-order valence-corrected chi connectivity index (χ3v) is 7.33. The summed E-state index contributed by atoms with van der Waals surface area (Å²) in [6.45, 7) is 0. The van der Waals surface area contributed by atoms with Gasteiger partial charge in [0.1, 0.15) is 5.76 Å². The molecule has 1 N–H and O–H groups in total. The number of furan rings is 1. The highest BCUT2D eigenvalue weighted by Gasteiger charge is 2.37. The fraction of sp³-hybridized carbons (Fsp3) is 0.0968. The van der Waals surface area contributed by atoms with Crippen molar-refractivity contribution in [1.29, 1.82) is 0 Å². The number of halogens is 1. The van der Waals surface area contributed by atoms with Gasteiger partial charge in [-0.1, -0.05) is 54.1 Å². The zero-order valence-electron chi connectivity index (χ0n) is 20.8. The Morgan fingerprint density at radius 3 is 2.37 bits per heavy atom. The van der Waals surface area contributed by atoms with Gasteiger partial charge < -0.3 is 18.7 Å². The number of hydrogen-bond donors (Lipinski definition) is 1. The average molecular weight is 522 g/mol. The fourth-order valence-corrected chi connectivity index (χ4v) is 5.26. The SMILES string of the molecule is Cn1cncc1C(O)(c1ccc(-c2ccco2)cc1)c1ccc2c(c1)c(-c1cccc(Cl)c1)cc(=O)n2C. The van der Waals surface area contributed by atoms with Gasteiger partial charge in [0.05, 0.1) is 30.0 Å². The predicted octanol–water partition coefficient (Wildman–Crippen LogP) is 6.14. The van der Waals surface area contributed by atoms with Crippen molar-refractivity contribution in [3.63, 3.8) is 0 Å². The first kappa shape index (κ1) is 24.0. The van der Waals surface area contributed by atoms with Crippen LogP contribution in [0.5, 0.6) is 0 Å². The molecule has 0 saturated carbocycles. The second kappa shape index (κ2) is 9.17. The molecule has 7 heteroatoms. The molecular formula is C31H24ClN3O3. The minimum atomic E-state index is -1.53. The first-order valence-electron chi connectivity index (χ1n) is 12.1. The summed E-state index contributed by atoms with van der Waals surface area (Å²) in [4.78, 5) is 17.1. The Hall–Kier alpha value is -4.39. The summed E-state index contributed by atoms with van der Waals surface area (Å²) in [5.41, 5.74) is 3.48. The first-order chi connectivity index (χ1) is 18.4. The molecule has 0 saturated heterocycles. The Morgan fingerprint density at radius 2 is 1.68 bits per heavy atom. The third-order valence-electron chi connectivity index (χ3n) is 7.10. The summed E-state index contributed by atoms with van der Waals surface area (Å²) in [7, 11) is 3.60. The molecule has 0 aliphatic heterocycles. The summed E-state index contributed by atoms with van der Waals surface area (Å²) in [5.74, 6) is 0.749. The van der Waals surface area contributed by atoms with Gasteiger partial charge in [-0.25, -0.2) is 4.98 Å². The zero-order valence-corrected chi connectivity index (χ0v) is 21.6. The molecule has 3 aromatic heterocycles. The third kappa shape index (κ3) is 3.86. The van der Waals surface area contributed by atoms with Gasteiger partial charge in [-0.3, -0.25) is 4.79 Å². The molecule has 0 amide bonds. The maximum absolute atomic E-state index is 12.8. The van der Waals surface area contributed by atoms with E-state index < -0.39 is 5.60 Å². The Kier molecular flexibility index (Phi) is 5.79. The number of rotatable bonds is 5. The highest BCUT2D eigenvalue weighted by molar-refractivity contribution is 6.30. The molecule has 0 aliphatic carbocycles. The maximum atomic E-state index is 12.8. The number of pyridine rings is 1. The Labute approximate surface area is 224 Å². The molecule has 1 atom stereocenters. The van der Waals surface area contributed by atoms with Crippen LogP contribution in [0.15, 0.2) is 113 Å². The monoisotopic (exact) mass is 521 g/mol. The quantitative estimate of drug-likeness (QED) is 0.296. The number of imidazole rings is 1. The molecule has 0 fully saturated rings. The molecule has 0 radical (unpaired) electrons. The van der Waals surface area contributed by atoms with Gasteiger partial charge in [0.2, 0.25) is 0 Å². The minimum Gasteiger partial charge on any atom is -0.464 e. The zero-order chi connectivity index (χ0) is 26.4. The van der Waals surface area contributed by atoms with Crippen LogP contribution in [0.3, 0.4) is 0 Å².